The molecule has 0 aliphatic heterocycles. The number of aryl methyl sites for hydroxylation is 2. The molecule has 114 valence electrons. The first kappa shape index (κ1) is 14.5. The monoisotopic (exact) mass is 320 g/mol. The fourth-order valence-corrected chi connectivity index (χ4v) is 3.23. The number of sulfonamides is 1. The van der Waals surface area contributed by atoms with Crippen LogP contribution in [-0.2, 0) is 17.1 Å². The summed E-state index contributed by atoms with van der Waals surface area (Å²) in [5, 5.41) is 5.24. The number of anilines is 1. The Bertz CT molecular complexity index is 949. The van der Waals surface area contributed by atoms with Gasteiger partial charge in [-0.05, 0) is 37.3 Å². The van der Waals surface area contributed by atoms with Crippen LogP contribution >= 0.6 is 0 Å². The quantitative estimate of drug-likeness (QED) is 0.751. The van der Waals surface area contributed by atoms with E-state index in [0.717, 1.165) is 34.9 Å². The predicted molar refractivity (Wildman–Crippen MR) is 80.5 cm³/mol. The predicted octanol–water partition coefficient (Wildman–Crippen LogP) is 2.22. The summed E-state index contributed by atoms with van der Waals surface area (Å²) in [6.07, 6.45) is 0.977. The summed E-state index contributed by atoms with van der Waals surface area (Å²) in [6, 6.07) is 7.33. The van der Waals surface area contributed by atoms with Crippen molar-refractivity contribution in [1.82, 2.24) is 14.8 Å². The van der Waals surface area contributed by atoms with Gasteiger partial charge in [-0.3, -0.25) is 9.40 Å². The molecule has 0 bridgehead atoms. The maximum atomic E-state index is 12.8. The van der Waals surface area contributed by atoms with E-state index < -0.39 is 16.0 Å². The molecule has 1 N–H and O–H groups in total. The number of nitrogens with zero attached hydrogens (tertiary/aromatic N) is 3. The van der Waals surface area contributed by atoms with Crippen molar-refractivity contribution >= 4 is 26.6 Å². The van der Waals surface area contributed by atoms with E-state index in [-0.39, 0.29) is 4.90 Å². The Morgan fingerprint density at radius 3 is 2.68 bits per heavy atom. The number of fused-ring (bicyclic) bond motifs is 1. The first-order valence-electron chi connectivity index (χ1n) is 6.44. The molecule has 0 fully saturated rings. The third kappa shape index (κ3) is 2.52. The van der Waals surface area contributed by atoms with E-state index in [1.807, 2.05) is 6.92 Å². The Morgan fingerprint density at radius 1 is 1.23 bits per heavy atom. The minimum Gasteiger partial charge on any atom is -0.280 e. The van der Waals surface area contributed by atoms with Crippen molar-refractivity contribution in [2.45, 2.75) is 11.8 Å². The fraction of sp³-hybridized carbons (Fsp3) is 0.143. The van der Waals surface area contributed by atoms with Crippen LogP contribution in [0.4, 0.5) is 10.1 Å². The zero-order chi connectivity index (χ0) is 15.9. The Kier molecular flexibility index (Phi) is 3.32. The highest BCUT2D eigenvalue weighted by Crippen LogP contribution is 2.23. The Hall–Kier alpha value is -2.48. The molecule has 8 heteroatoms. The minimum absolute atomic E-state index is 0.102. The standard InChI is InChI=1S/C14H13FN4O2S/c1-9-12-5-3-10(7-13(12)19(2)17-9)18-22(20,21)11-4-6-14(15)16-8-11/h3-8,18H,1-2H3. The molecule has 0 spiro atoms. The van der Waals surface area contributed by atoms with Crippen molar-refractivity contribution in [2.24, 2.45) is 7.05 Å². The molecule has 0 aliphatic rings. The maximum absolute atomic E-state index is 12.8. The van der Waals surface area contributed by atoms with Gasteiger partial charge < -0.3 is 0 Å². The molecule has 3 rings (SSSR count). The van der Waals surface area contributed by atoms with Gasteiger partial charge in [-0.25, -0.2) is 13.4 Å². The minimum atomic E-state index is -3.81. The van der Waals surface area contributed by atoms with Crippen LogP contribution in [0.5, 0.6) is 0 Å². The molecule has 0 aliphatic carbocycles. The lowest BCUT2D eigenvalue weighted by atomic mass is 10.2. The van der Waals surface area contributed by atoms with Crippen molar-refractivity contribution in [1.29, 1.82) is 0 Å². The Morgan fingerprint density at radius 2 is 2.00 bits per heavy atom. The van der Waals surface area contributed by atoms with Crippen molar-refractivity contribution < 1.29 is 12.8 Å². The average molecular weight is 320 g/mol. The average Bonchev–Trinajstić information content (AvgIpc) is 2.74. The zero-order valence-electron chi connectivity index (χ0n) is 11.9. The first-order chi connectivity index (χ1) is 10.4. The first-order valence-corrected chi connectivity index (χ1v) is 7.93. The van der Waals surface area contributed by atoms with Gasteiger partial charge in [0, 0.05) is 12.4 Å². The number of aromatic nitrogens is 3. The van der Waals surface area contributed by atoms with Crippen LogP contribution in [0.1, 0.15) is 5.69 Å². The van der Waals surface area contributed by atoms with Gasteiger partial charge in [0.2, 0.25) is 5.95 Å². The normalized spacial score (nSPS) is 11.8. The smallest absolute Gasteiger partial charge is 0.263 e. The highest BCUT2D eigenvalue weighted by atomic mass is 32.2. The summed E-state index contributed by atoms with van der Waals surface area (Å²) < 4.78 is 41.4. The van der Waals surface area contributed by atoms with Gasteiger partial charge in [-0.15, -0.1) is 0 Å². The van der Waals surface area contributed by atoms with Crippen LogP contribution in [0.2, 0.25) is 0 Å². The second kappa shape index (κ2) is 5.06. The number of hydrogen-bond donors (Lipinski definition) is 1. The van der Waals surface area contributed by atoms with E-state index in [9.17, 15) is 12.8 Å². The number of pyridine rings is 1. The van der Waals surface area contributed by atoms with Gasteiger partial charge in [0.15, 0.2) is 0 Å². The summed E-state index contributed by atoms with van der Waals surface area (Å²) in [5.74, 6) is -0.731. The van der Waals surface area contributed by atoms with Crippen LogP contribution in [0.3, 0.4) is 0 Å². The third-order valence-corrected chi connectivity index (χ3v) is 4.67. The summed E-state index contributed by atoms with van der Waals surface area (Å²) in [5.41, 5.74) is 2.09. The molecule has 1 aromatic carbocycles. The highest BCUT2D eigenvalue weighted by Gasteiger charge is 2.15. The van der Waals surface area contributed by atoms with Crippen molar-refractivity contribution in [3.05, 3.63) is 48.2 Å². The van der Waals surface area contributed by atoms with Gasteiger partial charge in [0.05, 0.1) is 23.1 Å². The molecule has 0 saturated carbocycles. The molecule has 22 heavy (non-hydrogen) atoms. The molecular weight excluding hydrogens is 307 g/mol. The fourth-order valence-electron chi connectivity index (χ4n) is 2.24. The van der Waals surface area contributed by atoms with E-state index >= 15 is 0 Å². The maximum Gasteiger partial charge on any atom is 0.263 e. The second-order valence-corrected chi connectivity index (χ2v) is 6.55. The molecule has 0 atom stereocenters. The molecular formula is C14H13FN4O2S. The SMILES string of the molecule is Cc1nn(C)c2cc(NS(=O)(=O)c3ccc(F)nc3)ccc12. The van der Waals surface area contributed by atoms with Gasteiger partial charge in [0.1, 0.15) is 4.90 Å². The van der Waals surface area contributed by atoms with E-state index in [2.05, 4.69) is 14.8 Å². The van der Waals surface area contributed by atoms with Crippen LogP contribution < -0.4 is 4.72 Å². The second-order valence-electron chi connectivity index (χ2n) is 4.86. The van der Waals surface area contributed by atoms with E-state index in [1.54, 1.807) is 29.9 Å². The molecule has 2 heterocycles. The summed E-state index contributed by atoms with van der Waals surface area (Å²) >= 11 is 0. The number of hydrogen-bond acceptors (Lipinski definition) is 4. The van der Waals surface area contributed by atoms with Crippen molar-refractivity contribution in [3.63, 3.8) is 0 Å². The van der Waals surface area contributed by atoms with Crippen molar-refractivity contribution in [3.8, 4) is 0 Å². The Labute approximate surface area is 126 Å². The van der Waals surface area contributed by atoms with Gasteiger partial charge >= 0.3 is 0 Å². The molecule has 2 aromatic heterocycles. The molecule has 0 radical (unpaired) electrons. The van der Waals surface area contributed by atoms with Gasteiger partial charge in [-0.2, -0.15) is 9.49 Å². The zero-order valence-corrected chi connectivity index (χ0v) is 12.7. The van der Waals surface area contributed by atoms with E-state index in [4.69, 9.17) is 0 Å². The van der Waals surface area contributed by atoms with E-state index in [1.165, 1.54) is 0 Å². The third-order valence-electron chi connectivity index (χ3n) is 3.30. The largest absolute Gasteiger partial charge is 0.280 e. The lowest BCUT2D eigenvalue weighted by Gasteiger charge is -2.08. The van der Waals surface area contributed by atoms with Crippen LogP contribution in [0.15, 0.2) is 41.4 Å². The van der Waals surface area contributed by atoms with Crippen LogP contribution in [-0.4, -0.2) is 23.2 Å². The van der Waals surface area contributed by atoms with Gasteiger partial charge in [0.25, 0.3) is 10.0 Å². The number of halogens is 1. The summed E-state index contributed by atoms with van der Waals surface area (Å²) in [6.45, 7) is 1.89. The Balaban J connectivity index is 1.98. The lowest BCUT2D eigenvalue weighted by molar-refractivity contribution is 0.577. The molecule has 0 unspecified atom stereocenters. The number of benzene rings is 1. The molecule has 0 saturated heterocycles. The molecule has 6 nitrogen and oxygen atoms in total. The van der Waals surface area contributed by atoms with Crippen LogP contribution in [0.25, 0.3) is 10.9 Å². The van der Waals surface area contributed by atoms with Crippen molar-refractivity contribution in [2.75, 3.05) is 4.72 Å². The summed E-state index contributed by atoms with van der Waals surface area (Å²) in [4.78, 5) is 3.25. The summed E-state index contributed by atoms with van der Waals surface area (Å²) in [7, 11) is -2.02. The highest BCUT2D eigenvalue weighted by molar-refractivity contribution is 7.92. The molecule has 0 amide bonds. The lowest BCUT2D eigenvalue weighted by Crippen LogP contribution is -2.13. The van der Waals surface area contributed by atoms with Crippen LogP contribution in [0, 0.1) is 12.9 Å². The number of nitrogens with one attached hydrogen (secondary N) is 1. The number of rotatable bonds is 3. The molecule has 3 aromatic rings. The van der Waals surface area contributed by atoms with E-state index in [0.29, 0.717) is 5.69 Å². The topological polar surface area (TPSA) is 76.9 Å². The van der Waals surface area contributed by atoms with Gasteiger partial charge in [-0.1, -0.05) is 0 Å².